The topological polar surface area (TPSA) is 29.0 Å². The smallest absolute Gasteiger partial charge is 0.142 e. The molecule has 3 nitrogen and oxygen atoms in total. The molecule has 0 fully saturated rings. The molecule has 0 saturated carbocycles. The van der Waals surface area contributed by atoms with Crippen LogP contribution in [0, 0.1) is 12.8 Å². The molecule has 0 aromatic carbocycles. The van der Waals surface area contributed by atoms with Crippen molar-refractivity contribution < 1.29 is 0 Å². The molecule has 0 unspecified atom stereocenters. The number of rotatable bonds is 5. The molecular weight excluding hydrogens is 222 g/mol. The zero-order chi connectivity index (χ0) is 13.9. The van der Waals surface area contributed by atoms with Crippen molar-refractivity contribution in [2.45, 2.75) is 53.5 Å². The van der Waals surface area contributed by atoms with Crippen molar-refractivity contribution in [3.8, 4) is 0 Å². The second kappa shape index (κ2) is 6.28. The third kappa shape index (κ3) is 4.05. The van der Waals surface area contributed by atoms with Gasteiger partial charge in [0.2, 0.25) is 0 Å². The van der Waals surface area contributed by atoms with Gasteiger partial charge in [-0.25, -0.2) is 9.97 Å². The summed E-state index contributed by atoms with van der Waals surface area (Å²) in [5.41, 5.74) is 3.73. The lowest BCUT2D eigenvalue weighted by Gasteiger charge is -2.18. The van der Waals surface area contributed by atoms with Crippen LogP contribution in [0.1, 0.15) is 56.4 Å². The fourth-order valence-corrected chi connectivity index (χ4v) is 2.17. The predicted octanol–water partition coefficient (Wildman–Crippen LogP) is 3.17. The highest BCUT2D eigenvalue weighted by Gasteiger charge is 2.15. The highest BCUT2D eigenvalue weighted by molar-refractivity contribution is 5.28. The largest absolute Gasteiger partial charge is 0.302 e. The fraction of sp³-hybridized carbons (Fsp3) is 0.733. The van der Waals surface area contributed by atoms with Gasteiger partial charge in [0, 0.05) is 5.69 Å². The van der Waals surface area contributed by atoms with Crippen LogP contribution in [0.2, 0.25) is 0 Å². The molecule has 0 saturated heterocycles. The second-order valence-corrected chi connectivity index (χ2v) is 6.08. The molecule has 0 spiro atoms. The van der Waals surface area contributed by atoms with E-state index in [1.165, 1.54) is 11.3 Å². The van der Waals surface area contributed by atoms with Crippen LogP contribution in [0.3, 0.4) is 0 Å². The SMILES string of the molecule is Cc1nc(CN(C)C)nc(C(C)C)c1CC(C)C. The third-order valence-electron chi connectivity index (χ3n) is 2.91. The van der Waals surface area contributed by atoms with Crippen LogP contribution in [-0.4, -0.2) is 29.0 Å². The Balaban J connectivity index is 3.18. The first kappa shape index (κ1) is 15.1. The minimum atomic E-state index is 0.460. The molecule has 0 bridgehead atoms. The van der Waals surface area contributed by atoms with Crippen LogP contribution in [-0.2, 0) is 13.0 Å². The van der Waals surface area contributed by atoms with Gasteiger partial charge in [0.25, 0.3) is 0 Å². The van der Waals surface area contributed by atoms with Gasteiger partial charge in [-0.3, -0.25) is 0 Å². The average Bonchev–Trinajstić information content (AvgIpc) is 2.19. The van der Waals surface area contributed by atoms with E-state index in [1.807, 2.05) is 0 Å². The van der Waals surface area contributed by atoms with Gasteiger partial charge in [-0.15, -0.1) is 0 Å². The zero-order valence-corrected chi connectivity index (χ0v) is 12.9. The zero-order valence-electron chi connectivity index (χ0n) is 12.9. The highest BCUT2D eigenvalue weighted by atomic mass is 15.1. The van der Waals surface area contributed by atoms with Crippen molar-refractivity contribution in [2.24, 2.45) is 5.92 Å². The van der Waals surface area contributed by atoms with E-state index in [1.54, 1.807) is 0 Å². The summed E-state index contributed by atoms with van der Waals surface area (Å²) in [7, 11) is 4.10. The average molecular weight is 249 g/mol. The minimum Gasteiger partial charge on any atom is -0.302 e. The van der Waals surface area contributed by atoms with Crippen LogP contribution in [0.5, 0.6) is 0 Å². The van der Waals surface area contributed by atoms with Crippen molar-refractivity contribution >= 4 is 0 Å². The molecule has 0 aliphatic carbocycles. The van der Waals surface area contributed by atoms with Gasteiger partial charge in [0.05, 0.1) is 12.2 Å². The Labute approximate surface area is 112 Å². The Bertz CT molecular complexity index is 395. The molecule has 3 heteroatoms. The molecule has 1 aromatic heterocycles. The molecule has 1 aromatic rings. The first-order chi connectivity index (χ1) is 8.31. The van der Waals surface area contributed by atoms with Gasteiger partial charge in [-0.2, -0.15) is 0 Å². The fourth-order valence-electron chi connectivity index (χ4n) is 2.17. The summed E-state index contributed by atoms with van der Waals surface area (Å²) < 4.78 is 0. The van der Waals surface area contributed by atoms with E-state index in [0.717, 1.165) is 24.5 Å². The molecule has 102 valence electrons. The number of aromatic nitrogens is 2. The summed E-state index contributed by atoms with van der Waals surface area (Å²) >= 11 is 0. The van der Waals surface area contributed by atoms with E-state index in [0.29, 0.717) is 11.8 Å². The first-order valence-electron chi connectivity index (χ1n) is 6.82. The summed E-state index contributed by atoms with van der Waals surface area (Å²) in [4.78, 5) is 11.5. The summed E-state index contributed by atoms with van der Waals surface area (Å²) in [5.74, 6) is 2.04. The molecule has 0 aliphatic heterocycles. The predicted molar refractivity (Wildman–Crippen MR) is 76.8 cm³/mol. The van der Waals surface area contributed by atoms with Crippen LogP contribution >= 0.6 is 0 Å². The number of aryl methyl sites for hydroxylation is 1. The summed E-state index contributed by atoms with van der Waals surface area (Å²) in [6.45, 7) is 11.8. The van der Waals surface area contributed by atoms with Gasteiger partial charge in [0.15, 0.2) is 0 Å². The quantitative estimate of drug-likeness (QED) is 0.802. The summed E-state index contributed by atoms with van der Waals surface area (Å²) in [6, 6.07) is 0. The van der Waals surface area contributed by atoms with E-state index < -0.39 is 0 Å². The van der Waals surface area contributed by atoms with Gasteiger partial charge in [-0.05, 0) is 44.8 Å². The molecule has 1 heterocycles. The van der Waals surface area contributed by atoms with Gasteiger partial charge in [0.1, 0.15) is 5.82 Å². The monoisotopic (exact) mass is 249 g/mol. The van der Waals surface area contributed by atoms with Crippen LogP contribution in [0.4, 0.5) is 0 Å². The Morgan fingerprint density at radius 3 is 2.11 bits per heavy atom. The Kier molecular flexibility index (Phi) is 5.27. The Morgan fingerprint density at radius 2 is 1.67 bits per heavy atom. The number of hydrogen-bond donors (Lipinski definition) is 0. The van der Waals surface area contributed by atoms with Crippen LogP contribution < -0.4 is 0 Å². The second-order valence-electron chi connectivity index (χ2n) is 6.08. The third-order valence-corrected chi connectivity index (χ3v) is 2.91. The van der Waals surface area contributed by atoms with Crippen molar-refractivity contribution in [2.75, 3.05) is 14.1 Å². The van der Waals surface area contributed by atoms with Crippen LogP contribution in [0.15, 0.2) is 0 Å². The molecular formula is C15H27N3. The Morgan fingerprint density at radius 1 is 1.06 bits per heavy atom. The maximum absolute atomic E-state index is 4.77. The van der Waals surface area contributed by atoms with E-state index in [2.05, 4.69) is 58.6 Å². The van der Waals surface area contributed by atoms with E-state index in [-0.39, 0.29) is 0 Å². The molecule has 0 amide bonds. The van der Waals surface area contributed by atoms with Crippen molar-refractivity contribution in [1.82, 2.24) is 14.9 Å². The highest BCUT2D eigenvalue weighted by Crippen LogP contribution is 2.22. The maximum Gasteiger partial charge on any atom is 0.142 e. The lowest BCUT2D eigenvalue weighted by Crippen LogP contribution is -2.17. The van der Waals surface area contributed by atoms with Crippen molar-refractivity contribution in [3.05, 3.63) is 22.8 Å². The minimum absolute atomic E-state index is 0.460. The van der Waals surface area contributed by atoms with E-state index in [4.69, 9.17) is 4.98 Å². The normalized spacial score (nSPS) is 11.9. The molecule has 0 aliphatic rings. The summed E-state index contributed by atoms with van der Waals surface area (Å²) in [6.07, 6.45) is 1.07. The van der Waals surface area contributed by atoms with Crippen LogP contribution in [0.25, 0.3) is 0 Å². The number of hydrogen-bond acceptors (Lipinski definition) is 3. The van der Waals surface area contributed by atoms with Gasteiger partial charge in [-0.1, -0.05) is 27.7 Å². The lowest BCUT2D eigenvalue weighted by molar-refractivity contribution is 0.388. The van der Waals surface area contributed by atoms with Gasteiger partial charge < -0.3 is 4.90 Å². The summed E-state index contributed by atoms with van der Waals surface area (Å²) in [5, 5.41) is 0. The standard InChI is InChI=1S/C15H27N3/c1-10(2)8-13-12(5)16-14(9-18(6)7)17-15(13)11(3)4/h10-11H,8-9H2,1-7H3. The molecule has 0 atom stereocenters. The lowest BCUT2D eigenvalue weighted by atomic mass is 9.95. The molecule has 0 radical (unpaired) electrons. The van der Waals surface area contributed by atoms with E-state index in [9.17, 15) is 0 Å². The molecule has 0 N–H and O–H groups in total. The molecule has 1 rings (SSSR count). The first-order valence-corrected chi connectivity index (χ1v) is 6.82. The molecule has 18 heavy (non-hydrogen) atoms. The van der Waals surface area contributed by atoms with Crippen molar-refractivity contribution in [3.63, 3.8) is 0 Å². The number of nitrogens with zero attached hydrogens (tertiary/aromatic N) is 3. The van der Waals surface area contributed by atoms with E-state index >= 15 is 0 Å². The maximum atomic E-state index is 4.77. The van der Waals surface area contributed by atoms with Crippen molar-refractivity contribution in [1.29, 1.82) is 0 Å². The van der Waals surface area contributed by atoms with Gasteiger partial charge >= 0.3 is 0 Å². The Hall–Kier alpha value is -0.960.